The zero-order chi connectivity index (χ0) is 15.9. The molecule has 0 spiro atoms. The molecule has 22 heavy (non-hydrogen) atoms. The predicted molar refractivity (Wildman–Crippen MR) is 77.4 cm³/mol. The SMILES string of the molecule is CCCCCNc1nncc(Nc2ccc(F)c(F)c2F)n1. The van der Waals surface area contributed by atoms with Gasteiger partial charge in [-0.3, -0.25) is 0 Å². The fraction of sp³-hybridized carbons (Fsp3) is 0.357. The Labute approximate surface area is 126 Å². The van der Waals surface area contributed by atoms with Gasteiger partial charge in [-0.15, -0.1) is 5.10 Å². The summed E-state index contributed by atoms with van der Waals surface area (Å²) >= 11 is 0. The summed E-state index contributed by atoms with van der Waals surface area (Å²) in [5, 5.41) is 13.0. The van der Waals surface area contributed by atoms with E-state index in [1.807, 2.05) is 0 Å². The zero-order valence-electron chi connectivity index (χ0n) is 12.0. The molecule has 1 aromatic heterocycles. The Bertz CT molecular complexity index is 636. The predicted octanol–water partition coefficient (Wildman–Crippen LogP) is 3.63. The van der Waals surface area contributed by atoms with E-state index in [0.717, 1.165) is 31.4 Å². The Morgan fingerprint density at radius 2 is 1.91 bits per heavy atom. The first-order valence-electron chi connectivity index (χ1n) is 6.96. The number of anilines is 3. The normalized spacial score (nSPS) is 10.5. The van der Waals surface area contributed by atoms with Crippen LogP contribution in [0.5, 0.6) is 0 Å². The van der Waals surface area contributed by atoms with Gasteiger partial charge in [-0.1, -0.05) is 19.8 Å². The largest absolute Gasteiger partial charge is 0.353 e. The quantitative estimate of drug-likeness (QED) is 0.604. The molecule has 5 nitrogen and oxygen atoms in total. The summed E-state index contributed by atoms with van der Waals surface area (Å²) in [7, 11) is 0. The number of nitrogens with one attached hydrogen (secondary N) is 2. The second-order valence-corrected chi connectivity index (χ2v) is 4.65. The first kappa shape index (κ1) is 16.0. The van der Waals surface area contributed by atoms with Gasteiger partial charge < -0.3 is 10.6 Å². The van der Waals surface area contributed by atoms with Crippen molar-refractivity contribution < 1.29 is 13.2 Å². The topological polar surface area (TPSA) is 62.7 Å². The van der Waals surface area contributed by atoms with E-state index in [0.29, 0.717) is 6.54 Å². The molecule has 0 atom stereocenters. The summed E-state index contributed by atoms with van der Waals surface area (Å²) in [5.41, 5.74) is -0.226. The second kappa shape index (κ2) is 7.58. The number of hydrogen-bond acceptors (Lipinski definition) is 5. The minimum atomic E-state index is -1.54. The van der Waals surface area contributed by atoms with E-state index in [-0.39, 0.29) is 17.5 Å². The van der Waals surface area contributed by atoms with E-state index in [1.54, 1.807) is 0 Å². The lowest BCUT2D eigenvalue weighted by atomic mass is 10.2. The maximum absolute atomic E-state index is 13.6. The molecule has 2 aromatic rings. The highest BCUT2D eigenvalue weighted by Gasteiger charge is 2.14. The molecule has 0 aliphatic heterocycles. The number of aromatic nitrogens is 3. The van der Waals surface area contributed by atoms with Gasteiger partial charge in [0, 0.05) is 6.54 Å². The van der Waals surface area contributed by atoms with Crippen LogP contribution in [0.25, 0.3) is 0 Å². The Kier molecular flexibility index (Phi) is 5.51. The molecule has 0 amide bonds. The summed E-state index contributed by atoms with van der Waals surface area (Å²) in [6.45, 7) is 2.79. The van der Waals surface area contributed by atoms with Crippen LogP contribution in [0.3, 0.4) is 0 Å². The van der Waals surface area contributed by atoms with Gasteiger partial charge in [0.1, 0.15) is 0 Å². The molecule has 0 unspecified atom stereocenters. The zero-order valence-corrected chi connectivity index (χ0v) is 12.0. The van der Waals surface area contributed by atoms with Gasteiger partial charge >= 0.3 is 0 Å². The summed E-state index contributed by atoms with van der Waals surface area (Å²) in [6.07, 6.45) is 4.41. The lowest BCUT2D eigenvalue weighted by Crippen LogP contribution is -2.08. The number of benzene rings is 1. The van der Waals surface area contributed by atoms with Crippen molar-refractivity contribution in [3.8, 4) is 0 Å². The average Bonchev–Trinajstić information content (AvgIpc) is 2.53. The third kappa shape index (κ3) is 4.06. The van der Waals surface area contributed by atoms with Crippen molar-refractivity contribution in [2.75, 3.05) is 17.2 Å². The summed E-state index contributed by atoms with van der Waals surface area (Å²) < 4.78 is 39.6. The maximum atomic E-state index is 13.6. The highest BCUT2D eigenvalue weighted by molar-refractivity contribution is 5.57. The maximum Gasteiger partial charge on any atom is 0.244 e. The van der Waals surface area contributed by atoms with Crippen LogP contribution in [0.1, 0.15) is 26.2 Å². The number of rotatable bonds is 7. The molecule has 1 heterocycles. The Hall–Kier alpha value is -2.38. The molecule has 0 bridgehead atoms. The average molecular weight is 311 g/mol. The van der Waals surface area contributed by atoms with Gasteiger partial charge in [-0.2, -0.15) is 10.1 Å². The molecular formula is C14H16F3N5. The lowest BCUT2D eigenvalue weighted by Gasteiger charge is -2.08. The number of nitrogens with zero attached hydrogens (tertiary/aromatic N) is 3. The van der Waals surface area contributed by atoms with Crippen molar-refractivity contribution in [1.29, 1.82) is 0 Å². The number of unbranched alkanes of at least 4 members (excludes halogenated alkanes) is 2. The molecule has 2 N–H and O–H groups in total. The van der Waals surface area contributed by atoms with Crippen LogP contribution in [0.2, 0.25) is 0 Å². The molecule has 1 aromatic carbocycles. The van der Waals surface area contributed by atoms with E-state index in [9.17, 15) is 13.2 Å². The molecule has 0 fully saturated rings. The van der Waals surface area contributed by atoms with E-state index in [4.69, 9.17) is 0 Å². The van der Waals surface area contributed by atoms with Crippen molar-refractivity contribution in [1.82, 2.24) is 15.2 Å². The molecule has 118 valence electrons. The molecule has 0 aliphatic rings. The van der Waals surface area contributed by atoms with Crippen LogP contribution in [0, 0.1) is 17.5 Å². The van der Waals surface area contributed by atoms with Gasteiger partial charge in [0.15, 0.2) is 23.3 Å². The second-order valence-electron chi connectivity index (χ2n) is 4.65. The fourth-order valence-electron chi connectivity index (χ4n) is 1.77. The molecule has 0 aliphatic carbocycles. The Balaban J connectivity index is 2.06. The van der Waals surface area contributed by atoms with Crippen LogP contribution >= 0.6 is 0 Å². The lowest BCUT2D eigenvalue weighted by molar-refractivity contribution is 0.449. The standard InChI is InChI=1S/C14H16F3N5/c1-2-3-4-7-18-14-21-11(8-19-22-14)20-10-6-5-9(15)12(16)13(10)17/h5-6,8H,2-4,7H2,1H3,(H2,18,20,21,22). The highest BCUT2D eigenvalue weighted by Crippen LogP contribution is 2.22. The molecule has 0 saturated heterocycles. The van der Waals surface area contributed by atoms with Crippen LogP contribution in [0.4, 0.5) is 30.6 Å². The van der Waals surface area contributed by atoms with Crippen LogP contribution in [0.15, 0.2) is 18.3 Å². The van der Waals surface area contributed by atoms with E-state index in [2.05, 4.69) is 32.7 Å². The van der Waals surface area contributed by atoms with Gasteiger partial charge in [0.25, 0.3) is 0 Å². The number of hydrogen-bond donors (Lipinski definition) is 2. The van der Waals surface area contributed by atoms with Crippen molar-refractivity contribution >= 4 is 17.5 Å². The monoisotopic (exact) mass is 311 g/mol. The summed E-state index contributed by atoms with van der Waals surface area (Å²) in [4.78, 5) is 4.08. The van der Waals surface area contributed by atoms with Gasteiger partial charge in [-0.05, 0) is 18.6 Å². The third-order valence-corrected chi connectivity index (χ3v) is 2.92. The Morgan fingerprint density at radius 3 is 2.68 bits per heavy atom. The minimum absolute atomic E-state index is 0.179. The van der Waals surface area contributed by atoms with Crippen molar-refractivity contribution in [2.45, 2.75) is 26.2 Å². The fourth-order valence-corrected chi connectivity index (χ4v) is 1.77. The summed E-state index contributed by atoms with van der Waals surface area (Å²) in [6, 6.07) is 1.92. The molecule has 0 saturated carbocycles. The summed E-state index contributed by atoms with van der Waals surface area (Å²) in [5.74, 6) is -3.63. The first-order chi connectivity index (χ1) is 10.6. The van der Waals surface area contributed by atoms with Gasteiger partial charge in [-0.25, -0.2) is 13.2 Å². The van der Waals surface area contributed by atoms with Crippen LogP contribution < -0.4 is 10.6 Å². The van der Waals surface area contributed by atoms with Gasteiger partial charge in [0.2, 0.25) is 5.95 Å². The van der Waals surface area contributed by atoms with Crippen molar-refractivity contribution in [2.24, 2.45) is 0 Å². The highest BCUT2D eigenvalue weighted by atomic mass is 19.2. The third-order valence-electron chi connectivity index (χ3n) is 2.92. The minimum Gasteiger partial charge on any atom is -0.353 e. The van der Waals surface area contributed by atoms with Crippen LogP contribution in [-0.4, -0.2) is 21.7 Å². The van der Waals surface area contributed by atoms with E-state index >= 15 is 0 Å². The van der Waals surface area contributed by atoms with Crippen LogP contribution in [-0.2, 0) is 0 Å². The molecule has 8 heteroatoms. The van der Waals surface area contributed by atoms with E-state index < -0.39 is 17.5 Å². The molecule has 0 radical (unpaired) electrons. The van der Waals surface area contributed by atoms with Gasteiger partial charge in [0.05, 0.1) is 11.9 Å². The van der Waals surface area contributed by atoms with Crippen molar-refractivity contribution in [3.63, 3.8) is 0 Å². The first-order valence-corrected chi connectivity index (χ1v) is 6.96. The molecule has 2 rings (SSSR count). The smallest absolute Gasteiger partial charge is 0.244 e. The van der Waals surface area contributed by atoms with Crippen molar-refractivity contribution in [3.05, 3.63) is 35.8 Å². The Morgan fingerprint density at radius 1 is 1.09 bits per heavy atom. The van der Waals surface area contributed by atoms with E-state index in [1.165, 1.54) is 6.20 Å². The number of halogens is 3. The molecular weight excluding hydrogens is 295 g/mol.